The third-order valence-electron chi connectivity index (χ3n) is 3.93. The van der Waals surface area contributed by atoms with Crippen LogP contribution < -0.4 is 4.90 Å². The summed E-state index contributed by atoms with van der Waals surface area (Å²) in [4.78, 5) is 27.0. The van der Waals surface area contributed by atoms with Gasteiger partial charge in [0.1, 0.15) is 5.60 Å². The molecule has 0 unspecified atom stereocenters. The van der Waals surface area contributed by atoms with Crippen LogP contribution in [0.15, 0.2) is 24.3 Å². The largest absolute Gasteiger partial charge is 0.444 e. The van der Waals surface area contributed by atoms with Crippen molar-refractivity contribution in [3.05, 3.63) is 29.8 Å². The van der Waals surface area contributed by atoms with E-state index < -0.39 is 5.60 Å². The smallest absolute Gasteiger partial charge is 0.410 e. The van der Waals surface area contributed by atoms with Gasteiger partial charge in [-0.05, 0) is 45.0 Å². The number of amides is 1. The summed E-state index contributed by atoms with van der Waals surface area (Å²) in [5.74, 6) is 6.97. The zero-order valence-electron chi connectivity index (χ0n) is 16.6. The van der Waals surface area contributed by atoms with Crippen molar-refractivity contribution in [2.75, 3.05) is 36.8 Å². The van der Waals surface area contributed by atoms with E-state index in [2.05, 4.69) is 28.9 Å². The van der Waals surface area contributed by atoms with Crippen LogP contribution in [0.4, 0.5) is 10.5 Å². The number of hydrogen-bond acceptors (Lipinski definition) is 5. The molecule has 146 valence electrons. The Labute approximate surface area is 166 Å². The second-order valence-electron chi connectivity index (χ2n) is 7.39. The van der Waals surface area contributed by atoms with Crippen molar-refractivity contribution in [1.29, 1.82) is 0 Å². The Balaban J connectivity index is 1.82. The molecule has 0 saturated carbocycles. The standard InChI is InChI=1S/C21H28N2O3S/c1-17(24)27-16-6-5-7-18-8-10-19(11-9-18)22-12-14-23(15-13-22)20(25)26-21(2,3)4/h8-11H,6,12-16H2,1-4H3. The quantitative estimate of drug-likeness (QED) is 0.583. The fraction of sp³-hybridized carbons (Fsp3) is 0.524. The Morgan fingerprint density at radius 2 is 1.74 bits per heavy atom. The molecular formula is C21H28N2O3S. The summed E-state index contributed by atoms with van der Waals surface area (Å²) in [5, 5.41) is 0.132. The monoisotopic (exact) mass is 388 g/mol. The molecule has 0 bridgehead atoms. The normalized spacial score (nSPS) is 14.4. The number of nitrogens with zero attached hydrogens (tertiary/aromatic N) is 2. The molecular weight excluding hydrogens is 360 g/mol. The van der Waals surface area contributed by atoms with Crippen LogP contribution in [-0.4, -0.2) is 53.6 Å². The lowest BCUT2D eigenvalue weighted by atomic mass is 10.2. The molecule has 0 radical (unpaired) electrons. The Hall–Kier alpha value is -2.13. The lowest BCUT2D eigenvalue weighted by Gasteiger charge is -2.36. The zero-order chi connectivity index (χ0) is 19.9. The van der Waals surface area contributed by atoms with Crippen molar-refractivity contribution in [1.82, 2.24) is 4.90 Å². The van der Waals surface area contributed by atoms with Gasteiger partial charge in [0.05, 0.1) is 0 Å². The summed E-state index contributed by atoms with van der Waals surface area (Å²) in [5.41, 5.74) is 1.64. The lowest BCUT2D eigenvalue weighted by molar-refractivity contribution is -0.109. The fourth-order valence-corrected chi connectivity index (χ4v) is 3.13. The maximum atomic E-state index is 12.1. The molecule has 0 aromatic heterocycles. The van der Waals surface area contributed by atoms with E-state index in [1.165, 1.54) is 11.8 Å². The number of rotatable bonds is 3. The summed E-state index contributed by atoms with van der Waals surface area (Å²) >= 11 is 1.31. The van der Waals surface area contributed by atoms with Gasteiger partial charge in [0.15, 0.2) is 5.12 Å². The molecule has 0 spiro atoms. The van der Waals surface area contributed by atoms with Crippen molar-refractivity contribution < 1.29 is 14.3 Å². The van der Waals surface area contributed by atoms with Gasteiger partial charge in [-0.25, -0.2) is 4.79 Å². The SMILES string of the molecule is CC(=O)SCCC#Cc1ccc(N2CCN(C(=O)OC(C)(C)C)CC2)cc1. The number of anilines is 1. The molecule has 5 nitrogen and oxygen atoms in total. The van der Waals surface area contributed by atoms with E-state index in [0.29, 0.717) is 19.5 Å². The fourth-order valence-electron chi connectivity index (χ4n) is 2.64. The predicted octanol–water partition coefficient (Wildman–Crippen LogP) is 3.77. The van der Waals surface area contributed by atoms with Gasteiger partial charge < -0.3 is 14.5 Å². The first kappa shape index (κ1) is 21.2. The first-order chi connectivity index (χ1) is 12.7. The first-order valence-corrected chi connectivity index (χ1v) is 10.2. The van der Waals surface area contributed by atoms with E-state index in [-0.39, 0.29) is 11.2 Å². The summed E-state index contributed by atoms with van der Waals surface area (Å²) in [7, 11) is 0. The maximum Gasteiger partial charge on any atom is 0.410 e. The van der Waals surface area contributed by atoms with Crippen LogP contribution in [-0.2, 0) is 9.53 Å². The Morgan fingerprint density at radius 1 is 1.11 bits per heavy atom. The van der Waals surface area contributed by atoms with Gasteiger partial charge in [0.2, 0.25) is 0 Å². The van der Waals surface area contributed by atoms with Crippen molar-refractivity contribution in [3.8, 4) is 11.8 Å². The molecule has 1 aromatic rings. The summed E-state index contributed by atoms with van der Waals surface area (Å²) < 4.78 is 5.43. The minimum absolute atomic E-state index is 0.132. The summed E-state index contributed by atoms with van der Waals surface area (Å²) in [6, 6.07) is 8.16. The first-order valence-electron chi connectivity index (χ1n) is 9.20. The van der Waals surface area contributed by atoms with Crippen molar-refractivity contribution in [3.63, 3.8) is 0 Å². The molecule has 1 amide bonds. The predicted molar refractivity (Wildman–Crippen MR) is 111 cm³/mol. The molecule has 0 atom stereocenters. The molecule has 1 aromatic carbocycles. The van der Waals surface area contributed by atoms with Crippen LogP contribution in [0.5, 0.6) is 0 Å². The molecule has 1 aliphatic rings. The average molecular weight is 389 g/mol. The number of benzene rings is 1. The van der Waals surface area contributed by atoms with Gasteiger partial charge in [0.25, 0.3) is 0 Å². The molecule has 1 fully saturated rings. The van der Waals surface area contributed by atoms with Crippen molar-refractivity contribution in [2.45, 2.75) is 39.7 Å². The van der Waals surface area contributed by atoms with Gasteiger partial charge in [0, 0.05) is 56.5 Å². The molecule has 27 heavy (non-hydrogen) atoms. The lowest BCUT2D eigenvalue weighted by Crippen LogP contribution is -2.50. The third-order valence-corrected chi connectivity index (χ3v) is 4.74. The van der Waals surface area contributed by atoms with Crippen molar-refractivity contribution >= 4 is 28.7 Å². The topological polar surface area (TPSA) is 49.9 Å². The minimum Gasteiger partial charge on any atom is -0.444 e. The van der Waals surface area contributed by atoms with Crippen LogP contribution in [0, 0.1) is 11.8 Å². The van der Waals surface area contributed by atoms with Gasteiger partial charge >= 0.3 is 6.09 Å². The van der Waals surface area contributed by atoms with Crippen LogP contribution in [0.2, 0.25) is 0 Å². The molecule has 2 rings (SSSR count). The number of carbonyl (C=O) groups excluding carboxylic acids is 2. The van der Waals surface area contributed by atoms with E-state index in [1.54, 1.807) is 11.8 Å². The minimum atomic E-state index is -0.462. The number of piperazine rings is 1. The summed E-state index contributed by atoms with van der Waals surface area (Å²) in [6.07, 6.45) is 0.467. The van der Waals surface area contributed by atoms with E-state index in [9.17, 15) is 9.59 Å². The number of hydrogen-bond donors (Lipinski definition) is 0. The van der Waals surface area contributed by atoms with Gasteiger partial charge in [-0.2, -0.15) is 0 Å². The number of ether oxygens (including phenoxy) is 1. The van der Waals surface area contributed by atoms with Gasteiger partial charge in [-0.15, -0.1) is 0 Å². The molecule has 6 heteroatoms. The maximum absolute atomic E-state index is 12.1. The Bertz CT molecular complexity index is 706. The number of carbonyl (C=O) groups is 2. The Kier molecular flexibility index (Phi) is 7.61. The highest BCUT2D eigenvalue weighted by Gasteiger charge is 2.25. The Morgan fingerprint density at radius 3 is 2.30 bits per heavy atom. The highest BCUT2D eigenvalue weighted by atomic mass is 32.2. The van der Waals surface area contributed by atoms with Crippen LogP contribution >= 0.6 is 11.8 Å². The molecule has 0 aliphatic carbocycles. The van der Waals surface area contributed by atoms with Crippen LogP contribution in [0.1, 0.15) is 39.7 Å². The second kappa shape index (κ2) is 9.70. The summed E-state index contributed by atoms with van der Waals surface area (Å²) in [6.45, 7) is 10.1. The molecule has 0 N–H and O–H groups in total. The van der Waals surface area contributed by atoms with Gasteiger partial charge in [-0.1, -0.05) is 23.6 Å². The third kappa shape index (κ3) is 7.56. The van der Waals surface area contributed by atoms with E-state index in [0.717, 1.165) is 30.1 Å². The average Bonchev–Trinajstić information content (AvgIpc) is 2.60. The van der Waals surface area contributed by atoms with Gasteiger partial charge in [-0.3, -0.25) is 4.79 Å². The molecule has 1 saturated heterocycles. The van der Waals surface area contributed by atoms with Crippen molar-refractivity contribution in [2.24, 2.45) is 0 Å². The second-order valence-corrected chi connectivity index (χ2v) is 8.66. The van der Waals surface area contributed by atoms with E-state index in [4.69, 9.17) is 4.74 Å². The van der Waals surface area contributed by atoms with E-state index in [1.807, 2.05) is 32.9 Å². The zero-order valence-corrected chi connectivity index (χ0v) is 17.4. The van der Waals surface area contributed by atoms with E-state index >= 15 is 0 Å². The molecule has 1 aliphatic heterocycles. The molecule has 1 heterocycles. The number of thioether (sulfide) groups is 1. The van der Waals surface area contributed by atoms with Crippen LogP contribution in [0.3, 0.4) is 0 Å². The van der Waals surface area contributed by atoms with Crippen LogP contribution in [0.25, 0.3) is 0 Å². The highest BCUT2D eigenvalue weighted by molar-refractivity contribution is 8.13. The highest BCUT2D eigenvalue weighted by Crippen LogP contribution is 2.18.